The lowest BCUT2D eigenvalue weighted by atomic mass is 9.98. The third kappa shape index (κ3) is 1.76. The number of likely N-dealkylation sites (tertiary alicyclic amines) is 1. The van der Waals surface area contributed by atoms with E-state index >= 15 is 0 Å². The number of aliphatic hydroxyl groups excluding tert-OH is 1. The van der Waals surface area contributed by atoms with Gasteiger partial charge in [-0.25, -0.2) is 0 Å². The summed E-state index contributed by atoms with van der Waals surface area (Å²) in [5.41, 5.74) is -0.485. The number of nitrogens with zero attached hydrogens (tertiary/aromatic N) is 1. The quantitative estimate of drug-likeness (QED) is 0.671. The third-order valence-electron chi connectivity index (χ3n) is 3.06. The minimum atomic E-state index is -0.485. The van der Waals surface area contributed by atoms with Gasteiger partial charge in [0.15, 0.2) is 0 Å². The van der Waals surface area contributed by atoms with E-state index in [-0.39, 0.29) is 18.4 Å². The summed E-state index contributed by atoms with van der Waals surface area (Å²) in [5.74, 6) is 2.79. The molecule has 1 aliphatic rings. The Labute approximate surface area is 85.1 Å². The Bertz CT molecular complexity index is 269. The van der Waals surface area contributed by atoms with E-state index < -0.39 is 5.54 Å². The summed E-state index contributed by atoms with van der Waals surface area (Å²) >= 11 is 0. The Morgan fingerprint density at radius 1 is 1.79 bits per heavy atom. The van der Waals surface area contributed by atoms with Crippen LogP contribution in [0, 0.1) is 18.3 Å². The van der Waals surface area contributed by atoms with Crippen molar-refractivity contribution in [1.82, 2.24) is 4.90 Å². The summed E-state index contributed by atoms with van der Waals surface area (Å²) < 4.78 is 0. The molecule has 0 aromatic heterocycles. The van der Waals surface area contributed by atoms with Crippen molar-refractivity contribution < 1.29 is 9.90 Å². The number of amides is 1. The third-order valence-corrected chi connectivity index (χ3v) is 3.06. The molecule has 1 rings (SSSR count). The molecule has 78 valence electrons. The monoisotopic (exact) mass is 195 g/mol. The van der Waals surface area contributed by atoms with Gasteiger partial charge in [0.05, 0.1) is 0 Å². The van der Waals surface area contributed by atoms with Crippen LogP contribution in [-0.4, -0.2) is 34.6 Å². The van der Waals surface area contributed by atoms with E-state index in [9.17, 15) is 4.79 Å². The second-order valence-corrected chi connectivity index (χ2v) is 4.03. The highest BCUT2D eigenvalue weighted by Crippen LogP contribution is 2.27. The number of hydrogen-bond acceptors (Lipinski definition) is 2. The van der Waals surface area contributed by atoms with Gasteiger partial charge in [-0.3, -0.25) is 4.79 Å². The number of aliphatic hydroxyl groups is 1. The van der Waals surface area contributed by atoms with Crippen molar-refractivity contribution in [2.75, 3.05) is 13.2 Å². The van der Waals surface area contributed by atoms with Crippen LogP contribution in [0.1, 0.15) is 26.7 Å². The zero-order chi connectivity index (χ0) is 10.8. The lowest BCUT2D eigenvalue weighted by Gasteiger charge is -2.33. The highest BCUT2D eigenvalue weighted by atomic mass is 16.3. The zero-order valence-electron chi connectivity index (χ0n) is 8.79. The van der Waals surface area contributed by atoms with Crippen molar-refractivity contribution in [3.8, 4) is 12.3 Å². The van der Waals surface area contributed by atoms with Crippen LogP contribution in [0.4, 0.5) is 0 Å². The molecule has 1 saturated heterocycles. The number of carbonyl (C=O) groups excluding carboxylic acids is 1. The maximum Gasteiger partial charge on any atom is 0.224 e. The molecule has 3 nitrogen and oxygen atoms in total. The van der Waals surface area contributed by atoms with Crippen molar-refractivity contribution >= 4 is 5.91 Å². The Kier molecular flexibility index (Phi) is 3.17. The van der Waals surface area contributed by atoms with E-state index in [1.165, 1.54) is 0 Å². The van der Waals surface area contributed by atoms with Gasteiger partial charge in [0.1, 0.15) is 5.54 Å². The molecular formula is C11H17NO2. The minimum Gasteiger partial charge on any atom is -0.396 e. The summed E-state index contributed by atoms with van der Waals surface area (Å²) in [5, 5.41) is 8.98. The van der Waals surface area contributed by atoms with Gasteiger partial charge in [-0.05, 0) is 13.3 Å². The first-order valence-corrected chi connectivity index (χ1v) is 4.96. The summed E-state index contributed by atoms with van der Waals surface area (Å²) in [6.07, 6.45) is 6.61. The van der Waals surface area contributed by atoms with Crippen molar-refractivity contribution in [3.63, 3.8) is 0 Å². The average Bonchev–Trinajstić information content (AvgIpc) is 2.59. The van der Waals surface area contributed by atoms with Crippen LogP contribution in [0.5, 0.6) is 0 Å². The van der Waals surface area contributed by atoms with Crippen LogP contribution in [0.25, 0.3) is 0 Å². The first kappa shape index (κ1) is 11.1. The molecule has 3 heteroatoms. The molecule has 2 atom stereocenters. The van der Waals surface area contributed by atoms with Gasteiger partial charge < -0.3 is 10.0 Å². The first-order valence-electron chi connectivity index (χ1n) is 4.96. The van der Waals surface area contributed by atoms with Gasteiger partial charge in [0, 0.05) is 25.5 Å². The fraction of sp³-hybridized carbons (Fsp3) is 0.727. The summed E-state index contributed by atoms with van der Waals surface area (Å²) in [6.45, 7) is 4.51. The van der Waals surface area contributed by atoms with E-state index in [4.69, 9.17) is 11.5 Å². The van der Waals surface area contributed by atoms with Crippen LogP contribution in [0.2, 0.25) is 0 Å². The Morgan fingerprint density at radius 3 is 2.79 bits per heavy atom. The molecular weight excluding hydrogens is 178 g/mol. The summed E-state index contributed by atoms with van der Waals surface area (Å²) in [4.78, 5) is 13.3. The van der Waals surface area contributed by atoms with Gasteiger partial charge in [-0.2, -0.15) is 0 Å². The van der Waals surface area contributed by atoms with Crippen LogP contribution in [0.3, 0.4) is 0 Å². The van der Waals surface area contributed by atoms with Crippen molar-refractivity contribution in [2.24, 2.45) is 5.92 Å². The Morgan fingerprint density at radius 2 is 2.43 bits per heavy atom. The second kappa shape index (κ2) is 4.02. The van der Waals surface area contributed by atoms with Gasteiger partial charge in [-0.1, -0.05) is 12.8 Å². The largest absolute Gasteiger partial charge is 0.396 e. The fourth-order valence-electron chi connectivity index (χ4n) is 1.75. The Hall–Kier alpha value is -1.01. The molecule has 0 aromatic carbocycles. The molecule has 1 aliphatic heterocycles. The predicted octanol–water partition coefficient (Wildman–Crippen LogP) is 0.629. The smallest absolute Gasteiger partial charge is 0.224 e. The molecule has 1 amide bonds. The molecule has 1 heterocycles. The lowest BCUT2D eigenvalue weighted by molar-refractivity contribution is -0.131. The number of rotatable bonds is 3. The second-order valence-electron chi connectivity index (χ2n) is 4.03. The molecule has 0 spiro atoms. The van der Waals surface area contributed by atoms with Crippen molar-refractivity contribution in [1.29, 1.82) is 0 Å². The summed E-state index contributed by atoms with van der Waals surface area (Å²) in [7, 11) is 0. The molecule has 14 heavy (non-hydrogen) atoms. The number of terminal acetylenes is 1. The van der Waals surface area contributed by atoms with Crippen LogP contribution < -0.4 is 0 Å². The van der Waals surface area contributed by atoms with E-state index in [2.05, 4.69) is 5.92 Å². The molecule has 0 bridgehead atoms. The normalized spacial score (nSPS) is 26.0. The molecule has 0 radical (unpaired) electrons. The zero-order valence-corrected chi connectivity index (χ0v) is 8.79. The topological polar surface area (TPSA) is 40.5 Å². The molecule has 2 unspecified atom stereocenters. The van der Waals surface area contributed by atoms with Gasteiger partial charge >= 0.3 is 0 Å². The summed E-state index contributed by atoms with van der Waals surface area (Å²) in [6, 6.07) is 0. The molecule has 0 aromatic rings. The number of carbonyl (C=O) groups is 1. The Balaban J connectivity index is 2.80. The highest BCUT2D eigenvalue weighted by molar-refractivity contribution is 5.80. The van der Waals surface area contributed by atoms with E-state index in [1.54, 1.807) is 4.90 Å². The van der Waals surface area contributed by atoms with Crippen LogP contribution in [0.15, 0.2) is 0 Å². The van der Waals surface area contributed by atoms with Crippen molar-refractivity contribution in [2.45, 2.75) is 32.2 Å². The van der Waals surface area contributed by atoms with Crippen LogP contribution in [-0.2, 0) is 4.79 Å². The molecule has 1 N–H and O–H groups in total. The van der Waals surface area contributed by atoms with Crippen LogP contribution >= 0.6 is 0 Å². The minimum absolute atomic E-state index is 0.0572. The highest BCUT2D eigenvalue weighted by Gasteiger charge is 2.39. The first-order chi connectivity index (χ1) is 6.57. The maximum absolute atomic E-state index is 11.6. The average molecular weight is 195 g/mol. The van der Waals surface area contributed by atoms with Gasteiger partial charge in [0.25, 0.3) is 0 Å². The van der Waals surface area contributed by atoms with E-state index in [1.807, 2.05) is 13.8 Å². The lowest BCUT2D eigenvalue weighted by Crippen LogP contribution is -2.45. The SMILES string of the molecule is C#CC(C)(CC)N1CC(CO)CC1=O. The molecule has 0 saturated carbocycles. The van der Waals surface area contributed by atoms with E-state index in [0.29, 0.717) is 13.0 Å². The molecule has 1 fully saturated rings. The van der Waals surface area contributed by atoms with Gasteiger partial charge in [0.2, 0.25) is 5.91 Å². The fourth-order valence-corrected chi connectivity index (χ4v) is 1.75. The number of hydrogen-bond donors (Lipinski definition) is 1. The van der Waals surface area contributed by atoms with E-state index in [0.717, 1.165) is 6.42 Å². The predicted molar refractivity (Wildman–Crippen MR) is 54.4 cm³/mol. The maximum atomic E-state index is 11.6. The van der Waals surface area contributed by atoms with Gasteiger partial charge in [-0.15, -0.1) is 6.42 Å². The molecule has 0 aliphatic carbocycles. The standard InChI is InChI=1S/C11H17NO2/c1-4-11(3,5-2)12-7-9(8-13)6-10(12)14/h1,9,13H,5-8H2,2-3H3. The van der Waals surface area contributed by atoms with Crippen molar-refractivity contribution in [3.05, 3.63) is 0 Å².